The van der Waals surface area contributed by atoms with E-state index in [1.807, 2.05) is 24.3 Å². The minimum absolute atomic E-state index is 0.0571. The minimum Gasteiger partial charge on any atom is -0.487 e. The van der Waals surface area contributed by atoms with Crippen LogP contribution >= 0.6 is 0 Å². The van der Waals surface area contributed by atoms with E-state index in [0.717, 1.165) is 21.8 Å². The Balaban J connectivity index is 1.56. The van der Waals surface area contributed by atoms with Crippen molar-refractivity contribution in [2.45, 2.75) is 17.4 Å². The predicted octanol–water partition coefficient (Wildman–Crippen LogP) is 3.36. The minimum atomic E-state index is -4.14. The summed E-state index contributed by atoms with van der Waals surface area (Å²) in [6.07, 6.45) is 1.70. The third-order valence-corrected chi connectivity index (χ3v) is 6.39. The topological polar surface area (TPSA) is 59.5 Å². The summed E-state index contributed by atoms with van der Waals surface area (Å²) in [5.41, 5.74) is 0.692. The molecule has 1 atom stereocenters. The molecular formula is C19H16F2N2O3S. The van der Waals surface area contributed by atoms with E-state index in [0.29, 0.717) is 23.8 Å². The number of hydrogen-bond acceptors (Lipinski definition) is 4. The van der Waals surface area contributed by atoms with Gasteiger partial charge in [0, 0.05) is 18.1 Å². The fourth-order valence-electron chi connectivity index (χ4n) is 3.18. The van der Waals surface area contributed by atoms with Crippen molar-refractivity contribution in [1.29, 1.82) is 0 Å². The Kier molecular flexibility index (Phi) is 4.53. The van der Waals surface area contributed by atoms with Gasteiger partial charge in [0.2, 0.25) is 10.0 Å². The summed E-state index contributed by atoms with van der Waals surface area (Å²) in [7, 11) is -4.14. The highest BCUT2D eigenvalue weighted by Crippen LogP contribution is 2.29. The van der Waals surface area contributed by atoms with Crippen molar-refractivity contribution in [2.75, 3.05) is 13.1 Å². The Morgan fingerprint density at radius 2 is 1.93 bits per heavy atom. The summed E-state index contributed by atoms with van der Waals surface area (Å²) >= 11 is 0. The number of benzene rings is 2. The molecule has 1 aromatic heterocycles. The first-order valence-corrected chi connectivity index (χ1v) is 9.85. The molecule has 1 fully saturated rings. The van der Waals surface area contributed by atoms with Crippen LogP contribution in [-0.4, -0.2) is 36.9 Å². The van der Waals surface area contributed by atoms with E-state index in [1.54, 1.807) is 12.3 Å². The molecule has 2 heterocycles. The van der Waals surface area contributed by atoms with Gasteiger partial charge in [-0.1, -0.05) is 18.2 Å². The number of nitrogens with zero attached hydrogens (tertiary/aromatic N) is 2. The second kappa shape index (κ2) is 6.86. The predicted molar refractivity (Wildman–Crippen MR) is 95.9 cm³/mol. The van der Waals surface area contributed by atoms with Gasteiger partial charge in [-0.25, -0.2) is 17.2 Å². The molecule has 1 aliphatic rings. The zero-order valence-electron chi connectivity index (χ0n) is 14.2. The van der Waals surface area contributed by atoms with E-state index in [9.17, 15) is 17.2 Å². The van der Waals surface area contributed by atoms with Crippen LogP contribution < -0.4 is 4.74 Å². The number of rotatable bonds is 4. The highest BCUT2D eigenvalue weighted by molar-refractivity contribution is 7.89. The molecule has 0 aliphatic carbocycles. The van der Waals surface area contributed by atoms with Gasteiger partial charge in [0.05, 0.1) is 6.54 Å². The summed E-state index contributed by atoms with van der Waals surface area (Å²) in [5, 5.41) is 0.916. The van der Waals surface area contributed by atoms with Crippen LogP contribution in [0.1, 0.15) is 6.42 Å². The van der Waals surface area contributed by atoms with E-state index in [4.69, 9.17) is 4.74 Å². The molecule has 0 unspecified atom stereocenters. The molecule has 0 N–H and O–H groups in total. The standard InChI is InChI=1S/C19H16F2N2O3S/c20-14-6-7-16(21)18(11-14)27(24,25)23-10-8-15(12-23)26-17-5-1-3-13-4-2-9-22-19(13)17/h1-7,9,11,15H,8,10,12H2/t15-/m0/s1. The second-order valence-corrected chi connectivity index (χ2v) is 8.20. The Hall–Kier alpha value is -2.58. The number of hydrogen-bond donors (Lipinski definition) is 0. The molecule has 0 saturated carbocycles. The second-order valence-electron chi connectivity index (χ2n) is 6.30. The SMILES string of the molecule is O=S(=O)(c1cc(F)ccc1F)N1CC[C@H](Oc2cccc3cccnc23)C1. The molecule has 5 nitrogen and oxygen atoms in total. The number of fused-ring (bicyclic) bond motifs is 1. The van der Waals surface area contributed by atoms with Crippen molar-refractivity contribution in [1.82, 2.24) is 9.29 Å². The first-order valence-electron chi connectivity index (χ1n) is 8.41. The normalized spacial score (nSPS) is 18.1. The van der Waals surface area contributed by atoms with Gasteiger partial charge in [0.15, 0.2) is 0 Å². The molecule has 0 amide bonds. The Morgan fingerprint density at radius 1 is 1.11 bits per heavy atom. The van der Waals surface area contributed by atoms with Crippen LogP contribution in [0.3, 0.4) is 0 Å². The molecule has 1 aliphatic heterocycles. The van der Waals surface area contributed by atoms with E-state index < -0.39 is 32.7 Å². The molecule has 0 radical (unpaired) electrons. The van der Waals surface area contributed by atoms with Gasteiger partial charge in [-0.05, 0) is 36.8 Å². The van der Waals surface area contributed by atoms with Gasteiger partial charge in [0.1, 0.15) is 33.9 Å². The summed E-state index contributed by atoms with van der Waals surface area (Å²) in [4.78, 5) is 3.65. The molecular weight excluding hydrogens is 374 g/mol. The van der Waals surface area contributed by atoms with E-state index >= 15 is 0 Å². The highest BCUT2D eigenvalue weighted by Gasteiger charge is 2.35. The van der Waals surface area contributed by atoms with E-state index in [-0.39, 0.29) is 13.1 Å². The Morgan fingerprint density at radius 3 is 2.78 bits per heavy atom. The smallest absolute Gasteiger partial charge is 0.246 e. The number of ether oxygens (including phenoxy) is 1. The molecule has 3 aromatic rings. The van der Waals surface area contributed by atoms with Crippen molar-refractivity contribution >= 4 is 20.9 Å². The zero-order valence-corrected chi connectivity index (χ0v) is 15.0. The lowest BCUT2D eigenvalue weighted by atomic mass is 10.2. The summed E-state index contributed by atoms with van der Waals surface area (Å²) < 4.78 is 59.7. The van der Waals surface area contributed by atoms with Gasteiger partial charge >= 0.3 is 0 Å². The van der Waals surface area contributed by atoms with Crippen molar-refractivity contribution in [2.24, 2.45) is 0 Å². The monoisotopic (exact) mass is 390 g/mol. The van der Waals surface area contributed by atoms with Gasteiger partial charge < -0.3 is 4.74 Å². The van der Waals surface area contributed by atoms with Gasteiger partial charge in [-0.2, -0.15) is 4.31 Å². The lowest BCUT2D eigenvalue weighted by molar-refractivity contribution is 0.218. The number of pyridine rings is 1. The highest BCUT2D eigenvalue weighted by atomic mass is 32.2. The van der Waals surface area contributed by atoms with Gasteiger partial charge in [-0.3, -0.25) is 4.98 Å². The van der Waals surface area contributed by atoms with Crippen molar-refractivity contribution < 1.29 is 21.9 Å². The molecule has 4 rings (SSSR count). The van der Waals surface area contributed by atoms with Crippen LogP contribution in [0.4, 0.5) is 8.78 Å². The van der Waals surface area contributed by atoms with Crippen molar-refractivity contribution in [3.05, 3.63) is 66.4 Å². The first-order chi connectivity index (χ1) is 12.9. The molecule has 8 heteroatoms. The quantitative estimate of drug-likeness (QED) is 0.686. The average molecular weight is 390 g/mol. The van der Waals surface area contributed by atoms with Crippen LogP contribution in [0.2, 0.25) is 0 Å². The average Bonchev–Trinajstić information content (AvgIpc) is 3.13. The molecule has 1 saturated heterocycles. The fraction of sp³-hybridized carbons (Fsp3) is 0.211. The third kappa shape index (κ3) is 3.38. The van der Waals surface area contributed by atoms with Crippen LogP contribution in [0, 0.1) is 11.6 Å². The maximum absolute atomic E-state index is 13.9. The summed E-state index contributed by atoms with van der Waals surface area (Å²) in [6.45, 7) is 0.225. The number of halogens is 2. The number of aromatic nitrogens is 1. The molecule has 2 aromatic carbocycles. The summed E-state index contributed by atoms with van der Waals surface area (Å²) in [5.74, 6) is -1.21. The number of para-hydroxylation sites is 1. The maximum Gasteiger partial charge on any atom is 0.246 e. The van der Waals surface area contributed by atoms with Crippen LogP contribution in [0.15, 0.2) is 59.6 Å². The first kappa shape index (κ1) is 17.8. The summed E-state index contributed by atoms with van der Waals surface area (Å²) in [6, 6.07) is 11.7. The Bertz CT molecular complexity index is 1100. The van der Waals surface area contributed by atoms with E-state index in [1.165, 1.54) is 0 Å². The lowest BCUT2D eigenvalue weighted by Gasteiger charge is -2.18. The van der Waals surface area contributed by atoms with Crippen LogP contribution in [0.25, 0.3) is 10.9 Å². The van der Waals surface area contributed by atoms with E-state index in [2.05, 4.69) is 4.98 Å². The lowest BCUT2D eigenvalue weighted by Crippen LogP contribution is -2.31. The fourth-order valence-corrected chi connectivity index (χ4v) is 4.74. The zero-order chi connectivity index (χ0) is 19.0. The van der Waals surface area contributed by atoms with Crippen molar-refractivity contribution in [3.63, 3.8) is 0 Å². The number of sulfonamides is 1. The van der Waals surface area contributed by atoms with Gasteiger partial charge in [0.25, 0.3) is 0 Å². The molecule has 27 heavy (non-hydrogen) atoms. The maximum atomic E-state index is 13.9. The van der Waals surface area contributed by atoms with Crippen LogP contribution in [-0.2, 0) is 10.0 Å². The molecule has 140 valence electrons. The van der Waals surface area contributed by atoms with Crippen molar-refractivity contribution in [3.8, 4) is 5.75 Å². The molecule has 0 bridgehead atoms. The van der Waals surface area contributed by atoms with Crippen LogP contribution in [0.5, 0.6) is 5.75 Å². The molecule has 0 spiro atoms. The largest absolute Gasteiger partial charge is 0.487 e. The Labute approximate surface area is 155 Å². The third-order valence-electron chi connectivity index (χ3n) is 4.51. The van der Waals surface area contributed by atoms with Gasteiger partial charge in [-0.15, -0.1) is 0 Å².